The third-order valence-electron chi connectivity index (χ3n) is 1.90. The van der Waals surface area contributed by atoms with Crippen molar-refractivity contribution in [3.05, 3.63) is 34.2 Å². The van der Waals surface area contributed by atoms with Crippen molar-refractivity contribution in [1.29, 1.82) is 0 Å². The lowest BCUT2D eigenvalue weighted by molar-refractivity contribution is 0.601. The van der Waals surface area contributed by atoms with Gasteiger partial charge in [-0.05, 0) is 34.1 Å². The molecular weight excluding hydrogens is 326 g/mol. The zero-order valence-electron chi connectivity index (χ0n) is 8.42. The molecule has 1 aromatic heterocycles. The quantitative estimate of drug-likeness (QED) is 0.844. The maximum Gasteiger partial charge on any atom is 0.264 e. The van der Waals surface area contributed by atoms with E-state index >= 15 is 0 Å². The number of hydrogen-bond donors (Lipinski definition) is 2. The molecule has 0 saturated carbocycles. The van der Waals surface area contributed by atoms with E-state index in [-0.39, 0.29) is 4.90 Å². The van der Waals surface area contributed by atoms with Crippen LogP contribution in [0.1, 0.15) is 0 Å². The molecule has 0 aliphatic carbocycles. The number of sulfonamides is 1. The van der Waals surface area contributed by atoms with Gasteiger partial charge in [0.1, 0.15) is 4.90 Å². The molecule has 5 nitrogen and oxygen atoms in total. The van der Waals surface area contributed by atoms with Crippen LogP contribution in [-0.4, -0.2) is 13.4 Å². The Balaban J connectivity index is 2.38. The Morgan fingerprint density at radius 3 is 2.76 bits per heavy atom. The van der Waals surface area contributed by atoms with Crippen molar-refractivity contribution < 1.29 is 8.42 Å². The van der Waals surface area contributed by atoms with Crippen LogP contribution < -0.4 is 10.5 Å². The number of halogens is 1. The maximum absolute atomic E-state index is 12.0. The predicted octanol–water partition coefficient (Wildman–Crippen LogP) is 2.29. The summed E-state index contributed by atoms with van der Waals surface area (Å²) < 4.78 is 26.8. The van der Waals surface area contributed by atoms with Crippen molar-refractivity contribution in [2.45, 2.75) is 4.90 Å². The number of hydrogen-bond acceptors (Lipinski definition) is 5. The predicted molar refractivity (Wildman–Crippen MR) is 71.5 cm³/mol. The van der Waals surface area contributed by atoms with E-state index in [9.17, 15) is 8.42 Å². The van der Waals surface area contributed by atoms with E-state index < -0.39 is 10.0 Å². The molecule has 0 atom stereocenters. The van der Waals surface area contributed by atoms with Crippen LogP contribution in [0.2, 0.25) is 0 Å². The molecule has 1 aromatic carbocycles. The van der Waals surface area contributed by atoms with E-state index in [1.165, 1.54) is 35.7 Å². The summed E-state index contributed by atoms with van der Waals surface area (Å²) in [7, 11) is -3.64. The van der Waals surface area contributed by atoms with Gasteiger partial charge in [0, 0.05) is 21.7 Å². The molecule has 8 heteroatoms. The Bertz CT molecular complexity index is 626. The van der Waals surface area contributed by atoms with E-state index in [4.69, 9.17) is 5.73 Å². The molecule has 3 N–H and O–H groups in total. The molecule has 0 radical (unpaired) electrons. The Kier molecular flexibility index (Phi) is 3.36. The second-order valence-corrected chi connectivity index (χ2v) is 6.53. The summed E-state index contributed by atoms with van der Waals surface area (Å²) in [6, 6.07) is 4.51. The van der Waals surface area contributed by atoms with Crippen molar-refractivity contribution in [2.75, 3.05) is 10.5 Å². The highest BCUT2D eigenvalue weighted by Gasteiger charge is 2.18. The molecule has 0 aliphatic heterocycles. The van der Waals surface area contributed by atoms with Crippen molar-refractivity contribution in [3.8, 4) is 0 Å². The molecular formula is C9H8BrN3O2S2. The Morgan fingerprint density at radius 1 is 1.41 bits per heavy atom. The lowest BCUT2D eigenvalue weighted by Crippen LogP contribution is -2.13. The fourth-order valence-electron chi connectivity index (χ4n) is 1.18. The molecule has 1 heterocycles. The van der Waals surface area contributed by atoms with Crippen LogP contribution in [0.25, 0.3) is 0 Å². The van der Waals surface area contributed by atoms with E-state index in [0.29, 0.717) is 15.3 Å². The SMILES string of the molecule is Nc1ccc(S(=O)(=O)Nc2nccs2)c(Br)c1. The highest BCUT2D eigenvalue weighted by molar-refractivity contribution is 9.10. The molecule has 0 aliphatic rings. The normalized spacial score (nSPS) is 11.4. The number of nitrogens with one attached hydrogen (secondary N) is 1. The smallest absolute Gasteiger partial charge is 0.264 e. The second-order valence-electron chi connectivity index (χ2n) is 3.13. The third kappa shape index (κ3) is 2.76. The van der Waals surface area contributed by atoms with Crippen LogP contribution in [0.5, 0.6) is 0 Å². The number of nitrogen functional groups attached to an aromatic ring is 1. The number of nitrogens with two attached hydrogens (primary N) is 1. The minimum atomic E-state index is -3.64. The van der Waals surface area contributed by atoms with Gasteiger partial charge in [0.05, 0.1) is 0 Å². The van der Waals surface area contributed by atoms with Crippen LogP contribution in [-0.2, 0) is 10.0 Å². The molecule has 0 spiro atoms. The molecule has 2 aromatic rings. The Hall–Kier alpha value is -1.12. The van der Waals surface area contributed by atoms with E-state index in [1.807, 2.05) is 0 Å². The van der Waals surface area contributed by atoms with Gasteiger partial charge in [0.15, 0.2) is 5.13 Å². The standard InChI is InChI=1S/C9H8BrN3O2S2/c10-7-5-6(11)1-2-8(7)17(14,15)13-9-12-3-4-16-9/h1-5H,11H2,(H,12,13). The number of benzene rings is 1. The molecule has 0 bridgehead atoms. The van der Waals surface area contributed by atoms with E-state index in [0.717, 1.165) is 0 Å². The molecule has 0 saturated heterocycles. The molecule has 0 unspecified atom stereocenters. The van der Waals surface area contributed by atoms with Gasteiger partial charge in [-0.15, -0.1) is 11.3 Å². The summed E-state index contributed by atoms with van der Waals surface area (Å²) in [5.41, 5.74) is 6.04. The number of aromatic nitrogens is 1. The zero-order chi connectivity index (χ0) is 12.5. The lowest BCUT2D eigenvalue weighted by Gasteiger charge is -2.07. The molecule has 0 fully saturated rings. The molecule has 0 amide bonds. The van der Waals surface area contributed by atoms with Gasteiger partial charge in [-0.25, -0.2) is 13.4 Å². The summed E-state index contributed by atoms with van der Waals surface area (Å²) in [6.07, 6.45) is 1.53. The minimum absolute atomic E-state index is 0.127. The molecule has 2 rings (SSSR count). The van der Waals surface area contributed by atoms with Gasteiger partial charge in [-0.2, -0.15) is 0 Å². The van der Waals surface area contributed by atoms with Crippen molar-refractivity contribution in [1.82, 2.24) is 4.98 Å². The maximum atomic E-state index is 12.0. The second kappa shape index (κ2) is 4.63. The lowest BCUT2D eigenvalue weighted by atomic mass is 10.3. The van der Waals surface area contributed by atoms with Gasteiger partial charge in [-0.3, -0.25) is 4.72 Å². The van der Waals surface area contributed by atoms with Gasteiger partial charge < -0.3 is 5.73 Å². The fourth-order valence-corrected chi connectivity index (χ4v) is 4.06. The van der Waals surface area contributed by atoms with Gasteiger partial charge in [0.25, 0.3) is 10.0 Å². The van der Waals surface area contributed by atoms with Crippen molar-refractivity contribution in [3.63, 3.8) is 0 Å². The first-order valence-electron chi connectivity index (χ1n) is 4.46. The van der Waals surface area contributed by atoms with Crippen LogP contribution in [0.3, 0.4) is 0 Å². The average Bonchev–Trinajstić information content (AvgIpc) is 2.68. The van der Waals surface area contributed by atoms with Gasteiger partial charge >= 0.3 is 0 Å². The summed E-state index contributed by atoms with van der Waals surface area (Å²) >= 11 is 4.38. The molecule has 17 heavy (non-hydrogen) atoms. The Morgan fingerprint density at radius 2 is 2.18 bits per heavy atom. The fraction of sp³-hybridized carbons (Fsp3) is 0. The van der Waals surface area contributed by atoms with Crippen LogP contribution >= 0.6 is 27.3 Å². The highest BCUT2D eigenvalue weighted by atomic mass is 79.9. The topological polar surface area (TPSA) is 85.1 Å². The first-order valence-corrected chi connectivity index (χ1v) is 7.62. The van der Waals surface area contributed by atoms with Crippen molar-refractivity contribution >= 4 is 48.1 Å². The summed E-state index contributed by atoms with van der Waals surface area (Å²) in [6.45, 7) is 0. The summed E-state index contributed by atoms with van der Waals surface area (Å²) in [5, 5.41) is 2.02. The Labute approximate surface area is 111 Å². The first-order chi connectivity index (χ1) is 7.99. The largest absolute Gasteiger partial charge is 0.399 e. The number of anilines is 2. The summed E-state index contributed by atoms with van der Waals surface area (Å²) in [5.74, 6) is 0. The number of nitrogens with zero attached hydrogens (tertiary/aromatic N) is 1. The van der Waals surface area contributed by atoms with E-state index in [2.05, 4.69) is 25.6 Å². The summed E-state index contributed by atoms with van der Waals surface area (Å²) in [4.78, 5) is 3.99. The van der Waals surface area contributed by atoms with Crippen LogP contribution in [0, 0.1) is 0 Å². The highest BCUT2D eigenvalue weighted by Crippen LogP contribution is 2.26. The number of rotatable bonds is 3. The van der Waals surface area contributed by atoms with Crippen molar-refractivity contribution in [2.24, 2.45) is 0 Å². The van der Waals surface area contributed by atoms with Gasteiger partial charge in [0.2, 0.25) is 0 Å². The van der Waals surface area contributed by atoms with Gasteiger partial charge in [-0.1, -0.05) is 0 Å². The molecule has 90 valence electrons. The monoisotopic (exact) mass is 333 g/mol. The number of thiazole rings is 1. The zero-order valence-corrected chi connectivity index (χ0v) is 11.6. The third-order valence-corrected chi connectivity index (χ3v) is 5.03. The van der Waals surface area contributed by atoms with Crippen LogP contribution in [0.4, 0.5) is 10.8 Å². The first kappa shape index (κ1) is 12.3. The minimum Gasteiger partial charge on any atom is -0.399 e. The van der Waals surface area contributed by atoms with Crippen LogP contribution in [0.15, 0.2) is 39.1 Å². The average molecular weight is 334 g/mol. The van der Waals surface area contributed by atoms with E-state index in [1.54, 1.807) is 5.38 Å².